The number of carbonyl (C=O) groups excluding carboxylic acids is 1. The van der Waals surface area contributed by atoms with Crippen LogP contribution >= 0.6 is 0 Å². The molecular formula is C23H25N3O5. The van der Waals surface area contributed by atoms with E-state index in [0.29, 0.717) is 36.9 Å². The molecule has 1 N–H and O–H groups in total. The number of pyridine rings is 1. The van der Waals surface area contributed by atoms with Gasteiger partial charge in [0.15, 0.2) is 11.5 Å². The van der Waals surface area contributed by atoms with Gasteiger partial charge in [0.2, 0.25) is 6.41 Å². The highest BCUT2D eigenvalue weighted by molar-refractivity contribution is 5.69. The summed E-state index contributed by atoms with van der Waals surface area (Å²) in [5, 5.41) is 3.49. The summed E-state index contributed by atoms with van der Waals surface area (Å²) in [7, 11) is 3.21. The summed E-state index contributed by atoms with van der Waals surface area (Å²) in [5.41, 5.74) is 1.89. The molecule has 0 radical (unpaired) electrons. The molecule has 2 aromatic heterocycles. The Morgan fingerprint density at radius 3 is 2.84 bits per heavy atom. The Morgan fingerprint density at radius 2 is 2.10 bits per heavy atom. The van der Waals surface area contributed by atoms with Crippen molar-refractivity contribution in [3.05, 3.63) is 60.8 Å². The van der Waals surface area contributed by atoms with Gasteiger partial charge in [-0.15, -0.1) is 0 Å². The molecule has 162 valence electrons. The predicted molar refractivity (Wildman–Crippen MR) is 114 cm³/mol. The second-order valence-corrected chi connectivity index (χ2v) is 7.18. The maximum Gasteiger partial charge on any atom is 0.210 e. The third-order valence-electron chi connectivity index (χ3n) is 5.38. The Balaban J connectivity index is 1.48. The van der Waals surface area contributed by atoms with E-state index in [1.807, 2.05) is 36.4 Å². The zero-order chi connectivity index (χ0) is 21.6. The van der Waals surface area contributed by atoms with Gasteiger partial charge in [0.25, 0.3) is 0 Å². The van der Waals surface area contributed by atoms with Crippen molar-refractivity contribution in [3.8, 4) is 28.4 Å². The van der Waals surface area contributed by atoms with Crippen molar-refractivity contribution >= 4 is 6.41 Å². The number of piperazine rings is 1. The summed E-state index contributed by atoms with van der Waals surface area (Å²) in [6.07, 6.45) is 5.87. The normalized spacial score (nSPS) is 18.5. The fourth-order valence-electron chi connectivity index (χ4n) is 3.74. The van der Waals surface area contributed by atoms with Gasteiger partial charge in [0.1, 0.15) is 18.1 Å². The lowest BCUT2D eigenvalue weighted by atomic mass is 10.00. The van der Waals surface area contributed by atoms with Crippen molar-refractivity contribution in [3.63, 3.8) is 0 Å². The molecule has 8 nitrogen and oxygen atoms in total. The van der Waals surface area contributed by atoms with Crippen molar-refractivity contribution in [2.45, 2.75) is 12.1 Å². The molecular weight excluding hydrogens is 398 g/mol. The molecule has 1 saturated heterocycles. The molecule has 1 aliphatic rings. The number of rotatable bonds is 8. The Bertz CT molecular complexity index is 1010. The van der Waals surface area contributed by atoms with Crippen LogP contribution in [0.15, 0.2) is 59.5 Å². The predicted octanol–water partition coefficient (Wildman–Crippen LogP) is 2.91. The first-order valence-electron chi connectivity index (χ1n) is 10.0. The number of nitrogens with one attached hydrogen (secondary N) is 1. The number of amides is 1. The molecule has 3 aromatic rings. The number of carbonyl (C=O) groups is 1. The van der Waals surface area contributed by atoms with Crippen LogP contribution in [0.25, 0.3) is 11.1 Å². The third kappa shape index (κ3) is 4.49. The molecule has 4 rings (SSSR count). The van der Waals surface area contributed by atoms with Gasteiger partial charge in [0, 0.05) is 24.8 Å². The lowest BCUT2D eigenvalue weighted by molar-refractivity contribution is -0.122. The fraction of sp³-hybridized carbons (Fsp3) is 0.304. The summed E-state index contributed by atoms with van der Waals surface area (Å²) >= 11 is 0. The van der Waals surface area contributed by atoms with Crippen molar-refractivity contribution in [2.24, 2.45) is 0 Å². The SMILES string of the molecule is COc1ccc(-c2ccoc2C2CN(C=O)C(COc3cccnc3)CN2)cc1OC. The Kier molecular flexibility index (Phi) is 6.37. The van der Waals surface area contributed by atoms with Crippen LogP contribution in [-0.4, -0.2) is 56.3 Å². The van der Waals surface area contributed by atoms with Gasteiger partial charge in [-0.25, -0.2) is 0 Å². The lowest BCUT2D eigenvalue weighted by Gasteiger charge is -2.37. The average molecular weight is 423 g/mol. The molecule has 8 heteroatoms. The number of aromatic nitrogens is 1. The third-order valence-corrected chi connectivity index (χ3v) is 5.38. The van der Waals surface area contributed by atoms with Crippen LogP contribution in [0.4, 0.5) is 0 Å². The quantitative estimate of drug-likeness (QED) is 0.558. The first-order valence-corrected chi connectivity index (χ1v) is 10.0. The van der Waals surface area contributed by atoms with E-state index in [-0.39, 0.29) is 12.1 Å². The first kappa shape index (κ1) is 20.7. The first-order chi connectivity index (χ1) is 15.2. The van der Waals surface area contributed by atoms with Crippen LogP contribution in [0.2, 0.25) is 0 Å². The highest BCUT2D eigenvalue weighted by Crippen LogP contribution is 2.36. The van der Waals surface area contributed by atoms with Crippen molar-refractivity contribution in [1.82, 2.24) is 15.2 Å². The second kappa shape index (κ2) is 9.53. The molecule has 0 saturated carbocycles. The standard InChI is InChI=1S/C23H25N3O5/c1-28-21-6-5-16(10-22(21)29-2)19-7-9-30-23(19)20-13-26(15-27)17(11-25-20)14-31-18-4-3-8-24-12-18/h3-10,12,15,17,20,25H,11,13-14H2,1-2H3. The summed E-state index contributed by atoms with van der Waals surface area (Å²) in [6, 6.07) is 11.1. The maximum absolute atomic E-state index is 11.8. The molecule has 2 atom stereocenters. The number of ether oxygens (including phenoxy) is 3. The summed E-state index contributed by atoms with van der Waals surface area (Å²) in [6.45, 7) is 1.43. The highest BCUT2D eigenvalue weighted by Gasteiger charge is 2.31. The molecule has 0 bridgehead atoms. The van der Waals surface area contributed by atoms with Gasteiger partial charge in [-0.1, -0.05) is 6.07 Å². The zero-order valence-corrected chi connectivity index (χ0v) is 17.5. The number of benzene rings is 1. The topological polar surface area (TPSA) is 86.1 Å². The second-order valence-electron chi connectivity index (χ2n) is 7.18. The zero-order valence-electron chi connectivity index (χ0n) is 17.5. The molecule has 1 aliphatic heterocycles. The molecule has 0 aliphatic carbocycles. The summed E-state index contributed by atoms with van der Waals surface area (Å²) in [5.74, 6) is 2.75. The van der Waals surface area contributed by atoms with E-state index < -0.39 is 0 Å². The number of nitrogens with zero attached hydrogens (tertiary/aromatic N) is 2. The van der Waals surface area contributed by atoms with E-state index in [9.17, 15) is 4.79 Å². The van der Waals surface area contributed by atoms with Crippen molar-refractivity contribution in [2.75, 3.05) is 33.9 Å². The minimum atomic E-state index is -0.141. The molecule has 1 amide bonds. The van der Waals surface area contributed by atoms with E-state index in [2.05, 4.69) is 10.3 Å². The Labute approximate surface area is 180 Å². The highest BCUT2D eigenvalue weighted by atomic mass is 16.5. The molecule has 31 heavy (non-hydrogen) atoms. The van der Waals surface area contributed by atoms with Gasteiger partial charge in [-0.05, 0) is 35.9 Å². The molecule has 3 heterocycles. The smallest absolute Gasteiger partial charge is 0.210 e. The molecule has 1 fully saturated rings. The van der Waals surface area contributed by atoms with E-state index in [4.69, 9.17) is 18.6 Å². The number of furan rings is 1. The number of methoxy groups -OCH3 is 2. The van der Waals surface area contributed by atoms with Crippen molar-refractivity contribution in [1.29, 1.82) is 0 Å². The van der Waals surface area contributed by atoms with Crippen LogP contribution in [0, 0.1) is 0 Å². The molecule has 0 spiro atoms. The van der Waals surface area contributed by atoms with E-state index in [1.54, 1.807) is 37.8 Å². The Hall–Kier alpha value is -3.52. The average Bonchev–Trinajstić information content (AvgIpc) is 3.32. The fourth-order valence-corrected chi connectivity index (χ4v) is 3.74. The van der Waals surface area contributed by atoms with Crippen molar-refractivity contribution < 1.29 is 23.4 Å². The van der Waals surface area contributed by atoms with E-state index in [1.165, 1.54) is 0 Å². The Morgan fingerprint density at radius 1 is 1.23 bits per heavy atom. The van der Waals surface area contributed by atoms with Crippen LogP contribution < -0.4 is 19.5 Å². The van der Waals surface area contributed by atoms with Crippen LogP contribution in [0.5, 0.6) is 17.2 Å². The largest absolute Gasteiger partial charge is 0.493 e. The maximum atomic E-state index is 11.8. The van der Waals surface area contributed by atoms with Gasteiger partial charge in [0.05, 0.1) is 38.8 Å². The van der Waals surface area contributed by atoms with Gasteiger partial charge >= 0.3 is 0 Å². The number of hydrogen-bond acceptors (Lipinski definition) is 7. The number of hydrogen-bond donors (Lipinski definition) is 1. The minimum Gasteiger partial charge on any atom is -0.493 e. The van der Waals surface area contributed by atoms with E-state index >= 15 is 0 Å². The minimum absolute atomic E-state index is 0.0894. The van der Waals surface area contributed by atoms with Crippen LogP contribution in [0.1, 0.15) is 11.8 Å². The van der Waals surface area contributed by atoms with Gasteiger partial charge < -0.3 is 28.8 Å². The molecule has 2 unspecified atom stereocenters. The van der Waals surface area contributed by atoms with Crippen LogP contribution in [0.3, 0.4) is 0 Å². The molecule has 1 aromatic carbocycles. The monoisotopic (exact) mass is 423 g/mol. The van der Waals surface area contributed by atoms with E-state index in [0.717, 1.165) is 23.3 Å². The summed E-state index contributed by atoms with van der Waals surface area (Å²) in [4.78, 5) is 17.6. The lowest BCUT2D eigenvalue weighted by Crippen LogP contribution is -2.54. The van der Waals surface area contributed by atoms with Crippen LogP contribution in [-0.2, 0) is 4.79 Å². The van der Waals surface area contributed by atoms with Gasteiger partial charge in [-0.3, -0.25) is 9.78 Å². The summed E-state index contributed by atoms with van der Waals surface area (Å²) < 4.78 is 22.4. The van der Waals surface area contributed by atoms with Gasteiger partial charge in [-0.2, -0.15) is 0 Å².